The molecule has 0 aliphatic heterocycles. The average molecular weight is 308 g/mol. The highest BCUT2D eigenvalue weighted by atomic mass is 35.5. The Labute approximate surface area is 126 Å². The normalized spacial score (nSPS) is 12.0. The van der Waals surface area contributed by atoms with Gasteiger partial charge in [-0.05, 0) is 43.2 Å². The lowest BCUT2D eigenvalue weighted by molar-refractivity contribution is -0.384. The molecule has 21 heavy (non-hydrogen) atoms. The molecule has 0 aliphatic carbocycles. The third-order valence-electron chi connectivity index (χ3n) is 3.03. The van der Waals surface area contributed by atoms with Crippen LogP contribution in [0.1, 0.15) is 24.2 Å². The highest BCUT2D eigenvalue weighted by Gasteiger charge is 2.12. The number of rotatable bonds is 4. The van der Waals surface area contributed by atoms with Gasteiger partial charge in [0, 0.05) is 6.07 Å². The van der Waals surface area contributed by atoms with Gasteiger partial charge in [0.05, 0.1) is 22.1 Å². The van der Waals surface area contributed by atoms with E-state index in [1.165, 1.54) is 12.1 Å². The standard InChI is InChI=1S/C15H14ClNO4/c1-9-3-4-11(17(19)20)7-15(9)21-12-5-6-13(10(2)18)14(16)8-12/h3-8,10,18H,1-2H3. The van der Waals surface area contributed by atoms with E-state index < -0.39 is 11.0 Å². The number of hydrogen-bond donors (Lipinski definition) is 1. The summed E-state index contributed by atoms with van der Waals surface area (Å²) in [5.41, 5.74) is 1.33. The van der Waals surface area contributed by atoms with Gasteiger partial charge in [-0.25, -0.2) is 0 Å². The number of halogens is 1. The van der Waals surface area contributed by atoms with Crippen molar-refractivity contribution < 1.29 is 14.8 Å². The molecule has 0 bridgehead atoms. The molecule has 2 rings (SSSR count). The Kier molecular flexibility index (Phi) is 4.45. The summed E-state index contributed by atoms with van der Waals surface area (Å²) in [6.45, 7) is 3.41. The molecule has 5 nitrogen and oxygen atoms in total. The lowest BCUT2D eigenvalue weighted by atomic mass is 10.1. The van der Waals surface area contributed by atoms with Crippen molar-refractivity contribution in [1.82, 2.24) is 0 Å². The number of aliphatic hydroxyl groups excluding tert-OH is 1. The third kappa shape index (κ3) is 3.51. The van der Waals surface area contributed by atoms with Crippen LogP contribution in [0.4, 0.5) is 5.69 Å². The number of benzene rings is 2. The quantitative estimate of drug-likeness (QED) is 0.671. The van der Waals surface area contributed by atoms with Gasteiger partial charge < -0.3 is 9.84 Å². The highest BCUT2D eigenvalue weighted by Crippen LogP contribution is 2.32. The Morgan fingerprint density at radius 2 is 2.00 bits per heavy atom. The van der Waals surface area contributed by atoms with Gasteiger partial charge in [-0.2, -0.15) is 0 Å². The lowest BCUT2D eigenvalue weighted by Gasteiger charge is -2.12. The summed E-state index contributed by atoms with van der Waals surface area (Å²) in [7, 11) is 0. The molecule has 2 aromatic carbocycles. The molecular formula is C15H14ClNO4. The Morgan fingerprint density at radius 3 is 2.57 bits per heavy atom. The zero-order chi connectivity index (χ0) is 15.6. The molecule has 0 heterocycles. The van der Waals surface area contributed by atoms with Crippen LogP contribution in [0.25, 0.3) is 0 Å². The molecule has 2 aromatic rings. The molecule has 1 N–H and O–H groups in total. The Hall–Kier alpha value is -2.11. The van der Waals surface area contributed by atoms with Crippen LogP contribution in [0.15, 0.2) is 36.4 Å². The predicted octanol–water partition coefficient (Wildman–Crippen LogP) is 4.40. The molecule has 0 saturated carbocycles. The number of nitrogens with zero attached hydrogens (tertiary/aromatic N) is 1. The Morgan fingerprint density at radius 1 is 1.29 bits per heavy atom. The van der Waals surface area contributed by atoms with Crippen molar-refractivity contribution in [2.75, 3.05) is 0 Å². The largest absolute Gasteiger partial charge is 0.457 e. The Balaban J connectivity index is 2.32. The van der Waals surface area contributed by atoms with Gasteiger partial charge in [0.2, 0.25) is 0 Å². The van der Waals surface area contributed by atoms with Gasteiger partial charge >= 0.3 is 0 Å². The lowest BCUT2D eigenvalue weighted by Crippen LogP contribution is -1.94. The summed E-state index contributed by atoms with van der Waals surface area (Å²) in [6, 6.07) is 9.31. The fourth-order valence-electron chi connectivity index (χ4n) is 1.85. The van der Waals surface area contributed by atoms with E-state index in [0.717, 1.165) is 5.56 Å². The zero-order valence-corrected chi connectivity index (χ0v) is 12.3. The first-order valence-electron chi connectivity index (χ1n) is 6.29. The number of ether oxygens (including phenoxy) is 1. The van der Waals surface area contributed by atoms with Gasteiger partial charge in [-0.1, -0.05) is 17.7 Å². The van der Waals surface area contributed by atoms with E-state index in [-0.39, 0.29) is 5.69 Å². The van der Waals surface area contributed by atoms with Crippen molar-refractivity contribution in [1.29, 1.82) is 0 Å². The molecule has 6 heteroatoms. The molecular weight excluding hydrogens is 294 g/mol. The van der Waals surface area contributed by atoms with E-state index in [9.17, 15) is 15.2 Å². The van der Waals surface area contributed by atoms with Gasteiger partial charge in [0.15, 0.2) is 0 Å². The summed E-state index contributed by atoms with van der Waals surface area (Å²) in [6.07, 6.45) is -0.675. The minimum absolute atomic E-state index is 0.0395. The summed E-state index contributed by atoms with van der Waals surface area (Å²) in [5, 5.41) is 20.7. The number of aliphatic hydroxyl groups is 1. The van der Waals surface area contributed by atoms with Crippen LogP contribution >= 0.6 is 11.6 Å². The van der Waals surface area contributed by atoms with Crippen LogP contribution in [0, 0.1) is 17.0 Å². The predicted molar refractivity (Wildman–Crippen MR) is 80.0 cm³/mol. The minimum atomic E-state index is -0.675. The highest BCUT2D eigenvalue weighted by molar-refractivity contribution is 6.31. The first-order valence-corrected chi connectivity index (χ1v) is 6.66. The molecule has 0 saturated heterocycles. The monoisotopic (exact) mass is 307 g/mol. The second-order valence-electron chi connectivity index (χ2n) is 4.67. The number of non-ortho nitro benzene ring substituents is 1. The molecule has 0 aromatic heterocycles. The first-order chi connectivity index (χ1) is 9.88. The number of aryl methyl sites for hydroxylation is 1. The van der Waals surface area contributed by atoms with E-state index in [4.69, 9.17) is 16.3 Å². The van der Waals surface area contributed by atoms with Gasteiger partial charge in [-0.15, -0.1) is 0 Å². The van der Waals surface area contributed by atoms with Crippen molar-refractivity contribution in [3.8, 4) is 11.5 Å². The van der Waals surface area contributed by atoms with Crippen LogP contribution < -0.4 is 4.74 Å². The fraction of sp³-hybridized carbons (Fsp3) is 0.200. The summed E-state index contributed by atoms with van der Waals surface area (Å²) in [4.78, 5) is 10.3. The number of hydrogen-bond acceptors (Lipinski definition) is 4. The van der Waals surface area contributed by atoms with Gasteiger partial charge in [0.1, 0.15) is 11.5 Å². The molecule has 0 fully saturated rings. The molecule has 110 valence electrons. The SMILES string of the molecule is Cc1ccc([N+](=O)[O-])cc1Oc1ccc(C(C)O)c(Cl)c1. The van der Waals surface area contributed by atoms with E-state index in [1.807, 2.05) is 0 Å². The fourth-order valence-corrected chi connectivity index (χ4v) is 2.18. The summed E-state index contributed by atoms with van der Waals surface area (Å²) < 4.78 is 5.65. The van der Waals surface area contributed by atoms with Crippen LogP contribution in [-0.4, -0.2) is 10.0 Å². The van der Waals surface area contributed by atoms with Crippen LogP contribution in [0.3, 0.4) is 0 Å². The van der Waals surface area contributed by atoms with E-state index >= 15 is 0 Å². The molecule has 1 atom stereocenters. The van der Waals surface area contributed by atoms with Crippen molar-refractivity contribution in [3.05, 3.63) is 62.7 Å². The topological polar surface area (TPSA) is 72.6 Å². The van der Waals surface area contributed by atoms with Crippen LogP contribution in [0.5, 0.6) is 11.5 Å². The van der Waals surface area contributed by atoms with Crippen molar-refractivity contribution in [2.24, 2.45) is 0 Å². The summed E-state index contributed by atoms with van der Waals surface area (Å²) in [5.74, 6) is 0.845. The molecule has 0 aliphatic rings. The third-order valence-corrected chi connectivity index (χ3v) is 3.36. The number of nitro groups is 1. The van der Waals surface area contributed by atoms with Crippen molar-refractivity contribution >= 4 is 17.3 Å². The maximum absolute atomic E-state index is 10.8. The maximum Gasteiger partial charge on any atom is 0.273 e. The van der Waals surface area contributed by atoms with Gasteiger partial charge in [-0.3, -0.25) is 10.1 Å². The smallest absolute Gasteiger partial charge is 0.273 e. The van der Waals surface area contributed by atoms with Crippen molar-refractivity contribution in [2.45, 2.75) is 20.0 Å². The second-order valence-corrected chi connectivity index (χ2v) is 5.08. The van der Waals surface area contributed by atoms with Crippen LogP contribution in [-0.2, 0) is 0 Å². The number of nitro benzene ring substituents is 1. The zero-order valence-electron chi connectivity index (χ0n) is 11.5. The van der Waals surface area contributed by atoms with E-state index in [0.29, 0.717) is 22.1 Å². The maximum atomic E-state index is 10.8. The second kappa shape index (κ2) is 6.11. The average Bonchev–Trinajstić information content (AvgIpc) is 2.40. The molecule has 1 unspecified atom stereocenters. The van der Waals surface area contributed by atoms with E-state index in [2.05, 4.69) is 0 Å². The van der Waals surface area contributed by atoms with Crippen molar-refractivity contribution in [3.63, 3.8) is 0 Å². The van der Waals surface area contributed by atoms with Crippen LogP contribution in [0.2, 0.25) is 5.02 Å². The first kappa shape index (κ1) is 15.3. The molecule has 0 amide bonds. The minimum Gasteiger partial charge on any atom is -0.457 e. The summed E-state index contributed by atoms with van der Waals surface area (Å²) >= 11 is 6.06. The molecule has 0 spiro atoms. The Bertz CT molecular complexity index is 685. The van der Waals surface area contributed by atoms with Gasteiger partial charge in [0.25, 0.3) is 5.69 Å². The molecule has 0 radical (unpaired) electrons. The van der Waals surface area contributed by atoms with E-state index in [1.54, 1.807) is 38.1 Å².